The third kappa shape index (κ3) is 1.92. The van der Waals surface area contributed by atoms with Gasteiger partial charge in [-0.1, -0.05) is 0 Å². The number of carboxylic acids is 1. The van der Waals surface area contributed by atoms with Crippen LogP contribution in [0.2, 0.25) is 0 Å². The van der Waals surface area contributed by atoms with Gasteiger partial charge >= 0.3 is 6.03 Å². The van der Waals surface area contributed by atoms with Gasteiger partial charge in [0.25, 0.3) is 0 Å². The lowest BCUT2D eigenvalue weighted by Crippen LogP contribution is -2.42. The summed E-state index contributed by atoms with van der Waals surface area (Å²) in [6, 6.07) is 5.46. The van der Waals surface area contributed by atoms with Crippen LogP contribution in [0.25, 0.3) is 0 Å². The molecule has 0 saturated heterocycles. The van der Waals surface area contributed by atoms with Crippen LogP contribution in [0.3, 0.4) is 0 Å². The zero-order valence-electron chi connectivity index (χ0n) is 9.91. The molecule has 1 aromatic rings. The average molecular weight is 247 g/mol. The summed E-state index contributed by atoms with van der Waals surface area (Å²) in [5, 5.41) is 10.8. The Morgan fingerprint density at radius 2 is 2.00 bits per heavy atom. The van der Waals surface area contributed by atoms with E-state index < -0.39 is 18.0 Å². The standard InChI is InChI=1S/C12H12N2O4/c1-7-10(11(15)16)13-12(17)14(7)8-3-5-9(18-2)6-4-8/h3-7H,1-2H3,(H,15,16)/p-1. The van der Waals surface area contributed by atoms with Crippen LogP contribution in [0, 0.1) is 0 Å². The second-order valence-corrected chi connectivity index (χ2v) is 3.81. The van der Waals surface area contributed by atoms with Crippen LogP contribution < -0.4 is 14.7 Å². The molecule has 1 aliphatic heterocycles. The van der Waals surface area contributed by atoms with Crippen LogP contribution in [-0.2, 0) is 4.79 Å². The second kappa shape index (κ2) is 4.48. The maximum absolute atomic E-state index is 11.7. The highest BCUT2D eigenvalue weighted by molar-refractivity contribution is 6.42. The van der Waals surface area contributed by atoms with E-state index in [0.717, 1.165) is 0 Å². The first-order valence-corrected chi connectivity index (χ1v) is 5.31. The molecule has 2 amide bonds. The molecule has 6 heteroatoms. The summed E-state index contributed by atoms with van der Waals surface area (Å²) in [6.45, 7) is 1.59. The molecule has 0 aliphatic carbocycles. The molecule has 0 spiro atoms. The fourth-order valence-electron chi connectivity index (χ4n) is 1.83. The fraction of sp³-hybridized carbons (Fsp3) is 0.250. The zero-order valence-corrected chi connectivity index (χ0v) is 9.91. The summed E-state index contributed by atoms with van der Waals surface area (Å²) >= 11 is 0. The SMILES string of the molecule is COc1ccc(N2C(=O)N=C(C(=O)[O-])C2C)cc1. The van der Waals surface area contributed by atoms with E-state index in [4.69, 9.17) is 4.74 Å². The number of urea groups is 1. The molecule has 1 aromatic carbocycles. The molecule has 0 N–H and O–H groups in total. The smallest absolute Gasteiger partial charge is 0.348 e. The molecule has 1 heterocycles. The van der Waals surface area contributed by atoms with Crippen LogP contribution in [-0.4, -0.2) is 30.9 Å². The number of carboxylic acid groups (broad SMARTS) is 1. The molecule has 1 aliphatic rings. The number of aliphatic imine (C=N–C) groups is 1. The quantitative estimate of drug-likeness (QED) is 0.764. The molecule has 1 atom stereocenters. The van der Waals surface area contributed by atoms with E-state index in [1.807, 2.05) is 0 Å². The largest absolute Gasteiger partial charge is 0.543 e. The number of rotatable bonds is 3. The van der Waals surface area contributed by atoms with Crippen molar-refractivity contribution in [3.8, 4) is 5.75 Å². The van der Waals surface area contributed by atoms with Gasteiger partial charge in [0.2, 0.25) is 0 Å². The summed E-state index contributed by atoms with van der Waals surface area (Å²) in [5.41, 5.74) is 0.309. The Hall–Kier alpha value is -2.37. The molecule has 0 aromatic heterocycles. The Bertz CT molecular complexity index is 521. The van der Waals surface area contributed by atoms with E-state index in [0.29, 0.717) is 11.4 Å². The molecule has 0 saturated carbocycles. The number of ether oxygens (including phenoxy) is 1. The van der Waals surface area contributed by atoms with Crippen molar-refractivity contribution < 1.29 is 19.4 Å². The van der Waals surface area contributed by atoms with Crippen LogP contribution >= 0.6 is 0 Å². The highest BCUT2D eigenvalue weighted by Gasteiger charge is 2.32. The number of hydrogen-bond acceptors (Lipinski definition) is 4. The van der Waals surface area contributed by atoms with Crippen molar-refractivity contribution in [1.82, 2.24) is 0 Å². The summed E-state index contributed by atoms with van der Waals surface area (Å²) in [5.74, 6) is -0.772. The highest BCUT2D eigenvalue weighted by atomic mass is 16.5. The van der Waals surface area contributed by atoms with Gasteiger partial charge < -0.3 is 14.6 Å². The third-order valence-electron chi connectivity index (χ3n) is 2.76. The molecule has 1 unspecified atom stereocenters. The van der Waals surface area contributed by atoms with Gasteiger partial charge in [0.05, 0.1) is 24.8 Å². The van der Waals surface area contributed by atoms with Crippen molar-refractivity contribution in [3.05, 3.63) is 24.3 Å². The number of carbonyl (C=O) groups excluding carboxylic acids is 2. The van der Waals surface area contributed by atoms with Crippen molar-refractivity contribution in [2.75, 3.05) is 12.0 Å². The summed E-state index contributed by atoms with van der Waals surface area (Å²) in [6.07, 6.45) is 0. The van der Waals surface area contributed by atoms with Crippen molar-refractivity contribution in [3.63, 3.8) is 0 Å². The van der Waals surface area contributed by atoms with Crippen molar-refractivity contribution in [2.24, 2.45) is 4.99 Å². The van der Waals surface area contributed by atoms with Gasteiger partial charge in [-0.25, -0.2) is 4.79 Å². The highest BCUT2D eigenvalue weighted by Crippen LogP contribution is 2.25. The first kappa shape index (κ1) is 12.1. The van der Waals surface area contributed by atoms with Crippen LogP contribution in [0.15, 0.2) is 29.3 Å². The number of amides is 2. The van der Waals surface area contributed by atoms with Gasteiger partial charge in [0, 0.05) is 5.69 Å². The molecule has 94 valence electrons. The number of hydrogen-bond donors (Lipinski definition) is 0. The molecular formula is C12H11N2O4-. The van der Waals surface area contributed by atoms with Crippen LogP contribution in [0.1, 0.15) is 6.92 Å². The van der Waals surface area contributed by atoms with E-state index in [1.54, 1.807) is 31.2 Å². The van der Waals surface area contributed by atoms with Crippen molar-refractivity contribution in [1.29, 1.82) is 0 Å². The lowest BCUT2D eigenvalue weighted by Gasteiger charge is -2.22. The Balaban J connectivity index is 2.30. The average Bonchev–Trinajstić information content (AvgIpc) is 2.65. The molecule has 6 nitrogen and oxygen atoms in total. The third-order valence-corrected chi connectivity index (χ3v) is 2.76. The van der Waals surface area contributed by atoms with Gasteiger partial charge in [0.15, 0.2) is 0 Å². The Labute approximate surface area is 104 Å². The van der Waals surface area contributed by atoms with Gasteiger partial charge in [0.1, 0.15) is 5.75 Å². The van der Waals surface area contributed by atoms with E-state index in [2.05, 4.69) is 4.99 Å². The first-order chi connectivity index (χ1) is 8.54. The molecule has 2 rings (SSSR count). The van der Waals surface area contributed by atoms with E-state index >= 15 is 0 Å². The molecule has 0 bridgehead atoms. The van der Waals surface area contributed by atoms with E-state index in [1.165, 1.54) is 12.0 Å². The van der Waals surface area contributed by atoms with Crippen LogP contribution in [0.4, 0.5) is 10.5 Å². The lowest BCUT2D eigenvalue weighted by molar-refractivity contribution is -0.294. The monoisotopic (exact) mass is 247 g/mol. The van der Waals surface area contributed by atoms with Gasteiger partial charge in [-0.15, -0.1) is 0 Å². The van der Waals surface area contributed by atoms with Crippen molar-refractivity contribution in [2.45, 2.75) is 13.0 Å². The number of aliphatic carboxylic acids is 1. The number of methoxy groups -OCH3 is 1. The maximum atomic E-state index is 11.7. The second-order valence-electron chi connectivity index (χ2n) is 3.81. The first-order valence-electron chi connectivity index (χ1n) is 5.31. The molecule has 18 heavy (non-hydrogen) atoms. The van der Waals surface area contributed by atoms with Crippen LogP contribution in [0.5, 0.6) is 5.75 Å². The molecule has 0 fully saturated rings. The maximum Gasteiger partial charge on any atom is 0.348 e. The normalized spacial score (nSPS) is 18.8. The fourth-order valence-corrected chi connectivity index (χ4v) is 1.83. The number of benzene rings is 1. The number of nitrogens with zero attached hydrogens (tertiary/aromatic N) is 2. The van der Waals surface area contributed by atoms with Crippen molar-refractivity contribution >= 4 is 23.4 Å². The van der Waals surface area contributed by atoms with Gasteiger partial charge in [-0.3, -0.25) is 4.90 Å². The minimum absolute atomic E-state index is 0.254. The number of anilines is 1. The molecular weight excluding hydrogens is 236 g/mol. The van der Waals surface area contributed by atoms with E-state index in [-0.39, 0.29) is 5.71 Å². The minimum Gasteiger partial charge on any atom is -0.543 e. The Morgan fingerprint density at radius 1 is 1.39 bits per heavy atom. The molecule has 0 radical (unpaired) electrons. The predicted octanol–water partition coefficient (Wildman–Crippen LogP) is 0.215. The summed E-state index contributed by atoms with van der Waals surface area (Å²) in [4.78, 5) is 27.2. The minimum atomic E-state index is -1.42. The predicted molar refractivity (Wildman–Crippen MR) is 62.8 cm³/mol. The zero-order chi connectivity index (χ0) is 13.3. The topological polar surface area (TPSA) is 82.0 Å². The summed E-state index contributed by atoms with van der Waals surface area (Å²) < 4.78 is 5.01. The number of carbonyl (C=O) groups is 2. The van der Waals surface area contributed by atoms with Gasteiger partial charge in [-0.2, -0.15) is 4.99 Å². The lowest BCUT2D eigenvalue weighted by atomic mass is 10.1. The Kier molecular flexibility index (Phi) is 3.01. The summed E-state index contributed by atoms with van der Waals surface area (Å²) in [7, 11) is 1.54. The Morgan fingerprint density at radius 3 is 2.44 bits per heavy atom. The van der Waals surface area contributed by atoms with E-state index in [9.17, 15) is 14.7 Å². The van der Waals surface area contributed by atoms with Gasteiger partial charge in [-0.05, 0) is 31.2 Å².